The molecule has 0 saturated carbocycles. The van der Waals surface area contributed by atoms with Gasteiger partial charge < -0.3 is 10.2 Å². The second kappa shape index (κ2) is 8.12. The average Bonchev–Trinajstić information content (AvgIpc) is 3.51. The van der Waals surface area contributed by atoms with Crippen molar-refractivity contribution in [2.45, 2.75) is 50.4 Å². The molecule has 2 bridgehead atoms. The molecule has 2 aromatic heterocycles. The lowest BCUT2D eigenvalue weighted by molar-refractivity contribution is 0.0879. The summed E-state index contributed by atoms with van der Waals surface area (Å²) in [6, 6.07) is 17.5. The molecule has 0 spiro atoms. The Balaban J connectivity index is 1.18. The Labute approximate surface area is 192 Å². The SMILES string of the molecule is CN1[C@@H]2CC[C@H]1C[C@@H](NC(=O)c1n[nH]c3cc(-c4cn(Cc5ccccc5)nn4)ccc13)C2. The van der Waals surface area contributed by atoms with Gasteiger partial charge in [-0.15, -0.1) is 5.10 Å². The van der Waals surface area contributed by atoms with E-state index >= 15 is 0 Å². The lowest BCUT2D eigenvalue weighted by atomic mass is 9.98. The van der Waals surface area contributed by atoms with Gasteiger partial charge in [-0.3, -0.25) is 9.89 Å². The van der Waals surface area contributed by atoms with Crippen LogP contribution in [0.5, 0.6) is 0 Å². The number of hydrogen-bond acceptors (Lipinski definition) is 5. The molecule has 2 aromatic carbocycles. The molecule has 0 unspecified atom stereocenters. The number of fused-ring (bicyclic) bond motifs is 3. The molecule has 8 nitrogen and oxygen atoms in total. The van der Waals surface area contributed by atoms with Crippen molar-refractivity contribution in [3.63, 3.8) is 0 Å². The molecule has 4 heterocycles. The summed E-state index contributed by atoms with van der Waals surface area (Å²) in [5.74, 6) is -0.100. The molecule has 0 aliphatic carbocycles. The summed E-state index contributed by atoms with van der Waals surface area (Å²) in [4.78, 5) is 15.5. The van der Waals surface area contributed by atoms with E-state index in [0.29, 0.717) is 24.3 Å². The Hall–Kier alpha value is -3.52. The van der Waals surface area contributed by atoms with Crippen molar-refractivity contribution in [1.82, 2.24) is 35.4 Å². The first-order chi connectivity index (χ1) is 16.1. The number of hydrogen-bond donors (Lipinski definition) is 2. The van der Waals surface area contributed by atoms with Gasteiger partial charge in [-0.1, -0.05) is 41.6 Å². The van der Waals surface area contributed by atoms with Crippen LogP contribution in [0.25, 0.3) is 22.2 Å². The molecular weight excluding hydrogens is 414 g/mol. The first-order valence-electron chi connectivity index (χ1n) is 11.6. The molecule has 2 aliphatic heterocycles. The van der Waals surface area contributed by atoms with Gasteiger partial charge in [-0.25, -0.2) is 4.68 Å². The van der Waals surface area contributed by atoms with E-state index in [9.17, 15) is 4.79 Å². The molecule has 1 amide bonds. The fraction of sp³-hybridized carbons (Fsp3) is 0.360. The smallest absolute Gasteiger partial charge is 0.272 e. The highest BCUT2D eigenvalue weighted by Crippen LogP contribution is 2.34. The van der Waals surface area contributed by atoms with Gasteiger partial charge in [0.05, 0.1) is 18.3 Å². The number of H-pyrrole nitrogens is 1. The van der Waals surface area contributed by atoms with Crippen molar-refractivity contribution in [3.05, 3.63) is 66.0 Å². The standard InChI is InChI=1S/C25H27N7O/c1-31-19-8-9-20(31)13-18(12-19)26-25(33)24-21-10-7-17(11-22(21)27-29-24)23-15-32(30-28-23)14-16-5-3-2-4-6-16/h2-7,10-11,15,18-20H,8-9,12-14H2,1H3,(H,26,33)(H,27,29)/t18-,19+,20-. The van der Waals surface area contributed by atoms with Crippen molar-refractivity contribution >= 4 is 16.8 Å². The van der Waals surface area contributed by atoms with E-state index in [-0.39, 0.29) is 11.9 Å². The molecular formula is C25H27N7O. The maximum absolute atomic E-state index is 13.0. The Morgan fingerprint density at radius 1 is 1.12 bits per heavy atom. The normalized spacial score (nSPS) is 22.6. The summed E-state index contributed by atoms with van der Waals surface area (Å²) in [6.45, 7) is 0.670. The van der Waals surface area contributed by atoms with Crippen LogP contribution in [0.15, 0.2) is 54.7 Å². The number of aromatic nitrogens is 5. The maximum Gasteiger partial charge on any atom is 0.272 e. The third kappa shape index (κ3) is 3.80. The highest BCUT2D eigenvalue weighted by atomic mass is 16.2. The van der Waals surface area contributed by atoms with Crippen LogP contribution in [0.3, 0.4) is 0 Å². The topological polar surface area (TPSA) is 91.7 Å². The molecule has 8 heteroatoms. The second-order valence-corrected chi connectivity index (χ2v) is 9.31. The number of carbonyl (C=O) groups is 1. The van der Waals surface area contributed by atoms with Crippen LogP contribution in [0.1, 0.15) is 41.7 Å². The number of aromatic amines is 1. The second-order valence-electron chi connectivity index (χ2n) is 9.31. The van der Waals surface area contributed by atoms with E-state index in [1.54, 1.807) is 0 Å². The Kier molecular flexibility index (Phi) is 4.95. The first-order valence-corrected chi connectivity index (χ1v) is 11.6. The van der Waals surface area contributed by atoms with E-state index in [2.05, 4.69) is 49.9 Å². The average molecular weight is 442 g/mol. The summed E-state index contributed by atoms with van der Waals surface area (Å²) in [7, 11) is 2.21. The van der Waals surface area contributed by atoms with Gasteiger partial charge >= 0.3 is 0 Å². The molecule has 168 valence electrons. The summed E-state index contributed by atoms with van der Waals surface area (Å²) in [5.41, 5.74) is 4.17. The summed E-state index contributed by atoms with van der Waals surface area (Å²) in [5, 5.41) is 20.0. The van der Waals surface area contributed by atoms with Gasteiger partial charge in [0.25, 0.3) is 5.91 Å². The molecule has 2 N–H and O–H groups in total. The molecule has 2 aliphatic rings. The molecule has 0 radical (unpaired) electrons. The minimum absolute atomic E-state index is 0.100. The monoisotopic (exact) mass is 441 g/mol. The van der Waals surface area contributed by atoms with Crippen LogP contribution in [0.4, 0.5) is 0 Å². The van der Waals surface area contributed by atoms with Crippen molar-refractivity contribution in [2.75, 3.05) is 7.05 Å². The quantitative estimate of drug-likeness (QED) is 0.496. The number of benzene rings is 2. The van der Waals surface area contributed by atoms with Gasteiger partial charge in [0, 0.05) is 29.1 Å². The number of amides is 1. The highest BCUT2D eigenvalue weighted by molar-refractivity contribution is 6.05. The van der Waals surface area contributed by atoms with Crippen LogP contribution in [0.2, 0.25) is 0 Å². The van der Waals surface area contributed by atoms with Crippen LogP contribution in [-0.2, 0) is 6.54 Å². The first kappa shape index (κ1) is 20.1. The minimum atomic E-state index is -0.100. The number of rotatable bonds is 5. The lowest BCUT2D eigenvalue weighted by Crippen LogP contribution is -2.48. The molecule has 2 saturated heterocycles. The Morgan fingerprint density at radius 2 is 1.91 bits per heavy atom. The molecule has 2 fully saturated rings. The van der Waals surface area contributed by atoms with Crippen molar-refractivity contribution in [1.29, 1.82) is 0 Å². The zero-order valence-corrected chi connectivity index (χ0v) is 18.6. The third-order valence-corrected chi connectivity index (χ3v) is 7.23. The summed E-state index contributed by atoms with van der Waals surface area (Å²) in [6.07, 6.45) is 6.44. The third-order valence-electron chi connectivity index (χ3n) is 7.23. The van der Waals surface area contributed by atoms with E-state index in [1.807, 2.05) is 47.3 Å². The maximum atomic E-state index is 13.0. The molecule has 33 heavy (non-hydrogen) atoms. The predicted molar refractivity (Wildman–Crippen MR) is 126 cm³/mol. The van der Waals surface area contributed by atoms with E-state index < -0.39 is 0 Å². The van der Waals surface area contributed by atoms with Gasteiger partial charge in [0.15, 0.2) is 5.69 Å². The highest BCUT2D eigenvalue weighted by Gasteiger charge is 2.39. The van der Waals surface area contributed by atoms with Crippen LogP contribution >= 0.6 is 0 Å². The van der Waals surface area contributed by atoms with E-state index in [1.165, 1.54) is 18.4 Å². The predicted octanol–water partition coefficient (Wildman–Crippen LogP) is 3.22. The summed E-state index contributed by atoms with van der Waals surface area (Å²) >= 11 is 0. The number of nitrogens with zero attached hydrogens (tertiary/aromatic N) is 5. The Bertz CT molecular complexity index is 1280. The molecule has 6 rings (SSSR count). The Morgan fingerprint density at radius 3 is 2.70 bits per heavy atom. The fourth-order valence-electron chi connectivity index (χ4n) is 5.41. The lowest BCUT2D eigenvalue weighted by Gasteiger charge is -2.36. The number of carbonyl (C=O) groups excluding carboxylic acids is 1. The largest absolute Gasteiger partial charge is 0.348 e. The van der Waals surface area contributed by atoms with Gasteiger partial charge in [0.1, 0.15) is 5.69 Å². The van der Waals surface area contributed by atoms with Crippen LogP contribution in [0, 0.1) is 0 Å². The number of nitrogens with one attached hydrogen (secondary N) is 2. The summed E-state index contributed by atoms with van der Waals surface area (Å²) < 4.78 is 1.83. The van der Waals surface area contributed by atoms with Crippen molar-refractivity contribution in [2.24, 2.45) is 0 Å². The molecule has 4 aromatic rings. The zero-order chi connectivity index (χ0) is 22.4. The minimum Gasteiger partial charge on any atom is -0.348 e. The van der Waals surface area contributed by atoms with Gasteiger partial charge in [-0.2, -0.15) is 5.10 Å². The van der Waals surface area contributed by atoms with Crippen LogP contribution in [-0.4, -0.2) is 61.2 Å². The van der Waals surface area contributed by atoms with Crippen molar-refractivity contribution in [3.8, 4) is 11.3 Å². The van der Waals surface area contributed by atoms with E-state index in [4.69, 9.17) is 0 Å². The van der Waals surface area contributed by atoms with E-state index in [0.717, 1.165) is 35.0 Å². The molecule has 3 atom stereocenters. The van der Waals surface area contributed by atoms with Crippen LogP contribution < -0.4 is 5.32 Å². The fourth-order valence-corrected chi connectivity index (χ4v) is 5.41. The number of piperidine rings is 1. The van der Waals surface area contributed by atoms with Gasteiger partial charge in [0.2, 0.25) is 0 Å². The van der Waals surface area contributed by atoms with Crippen molar-refractivity contribution < 1.29 is 4.79 Å². The van der Waals surface area contributed by atoms with Gasteiger partial charge in [-0.05, 0) is 50.4 Å². The zero-order valence-electron chi connectivity index (χ0n) is 18.6.